The molecule has 0 amide bonds. The predicted octanol–water partition coefficient (Wildman–Crippen LogP) is 5.92. The molecule has 0 aromatic heterocycles. The fourth-order valence-electron chi connectivity index (χ4n) is 3.30. The Morgan fingerprint density at radius 1 is 1.13 bits per heavy atom. The van der Waals surface area contributed by atoms with Crippen LogP contribution in [0.25, 0.3) is 0 Å². The first-order valence-corrected chi connectivity index (χ1v) is 10.8. The highest BCUT2D eigenvalue weighted by molar-refractivity contribution is 7.80. The molecular weight excluding hydrogens is 453 g/mol. The van der Waals surface area contributed by atoms with E-state index in [9.17, 15) is 5.26 Å². The molecule has 1 heterocycles. The minimum Gasteiger partial charge on any atom is -0.493 e. The van der Waals surface area contributed by atoms with Crippen LogP contribution in [0.1, 0.15) is 37.9 Å². The van der Waals surface area contributed by atoms with Crippen LogP contribution in [-0.2, 0) is 6.61 Å². The molecular formula is C23H23Cl2N3O2S. The van der Waals surface area contributed by atoms with Gasteiger partial charge in [-0.05, 0) is 42.0 Å². The summed E-state index contributed by atoms with van der Waals surface area (Å²) in [6.45, 7) is 6.38. The zero-order valence-electron chi connectivity index (χ0n) is 17.7. The maximum absolute atomic E-state index is 9.87. The van der Waals surface area contributed by atoms with Gasteiger partial charge in [0, 0.05) is 26.7 Å². The second-order valence-corrected chi connectivity index (χ2v) is 9.37. The van der Waals surface area contributed by atoms with Gasteiger partial charge >= 0.3 is 0 Å². The van der Waals surface area contributed by atoms with Crippen molar-refractivity contribution in [3.63, 3.8) is 0 Å². The number of benzene rings is 2. The summed E-state index contributed by atoms with van der Waals surface area (Å²) >= 11 is 17.6. The Morgan fingerprint density at radius 3 is 2.48 bits per heavy atom. The third-order valence-electron chi connectivity index (χ3n) is 4.86. The molecule has 0 unspecified atom stereocenters. The number of allylic oxidation sites excluding steroid dienone is 1. The van der Waals surface area contributed by atoms with Crippen molar-refractivity contribution in [3.8, 4) is 17.6 Å². The van der Waals surface area contributed by atoms with E-state index in [2.05, 4.69) is 16.7 Å². The number of hydrogen-bond acceptors (Lipinski definition) is 4. The Kier molecular flexibility index (Phi) is 7.00. The van der Waals surface area contributed by atoms with Crippen LogP contribution in [0.2, 0.25) is 10.0 Å². The summed E-state index contributed by atoms with van der Waals surface area (Å²) in [5, 5.41) is 17.8. The van der Waals surface area contributed by atoms with Crippen molar-refractivity contribution < 1.29 is 9.47 Å². The number of nitrogens with zero attached hydrogens (tertiary/aromatic N) is 1. The number of thiocarbonyl (C=S) groups is 1. The summed E-state index contributed by atoms with van der Waals surface area (Å²) in [5.74, 6) is 1.11. The van der Waals surface area contributed by atoms with Crippen molar-refractivity contribution in [3.05, 3.63) is 68.8 Å². The molecule has 0 aliphatic carbocycles. The molecule has 0 fully saturated rings. The standard InChI is InChI=1S/C23H23Cl2N3O2S/c1-23(2,3)21-16(11-26)20(27-22(31)28-21)13-6-8-18(19(9-13)29-4)30-12-14-5-7-15(24)10-17(14)25/h5-10,20H,12H2,1-4H3,(H2,27,28,31)/t20-/m1/s1. The smallest absolute Gasteiger partial charge is 0.171 e. The minimum absolute atomic E-state index is 0.263. The lowest BCUT2D eigenvalue weighted by Crippen LogP contribution is -2.46. The molecule has 0 bridgehead atoms. The molecule has 2 N–H and O–H groups in total. The first-order valence-electron chi connectivity index (χ1n) is 9.61. The van der Waals surface area contributed by atoms with E-state index in [-0.39, 0.29) is 18.1 Å². The highest BCUT2D eigenvalue weighted by Crippen LogP contribution is 2.38. The number of nitriles is 1. The topological polar surface area (TPSA) is 66.3 Å². The Balaban J connectivity index is 1.91. The van der Waals surface area contributed by atoms with Gasteiger partial charge in [-0.2, -0.15) is 5.26 Å². The normalized spacial score (nSPS) is 16.3. The van der Waals surface area contributed by atoms with Gasteiger partial charge in [-0.3, -0.25) is 0 Å². The predicted molar refractivity (Wildman–Crippen MR) is 127 cm³/mol. The molecule has 0 saturated carbocycles. The lowest BCUT2D eigenvalue weighted by atomic mass is 9.84. The van der Waals surface area contributed by atoms with Crippen LogP contribution in [0.3, 0.4) is 0 Å². The zero-order valence-corrected chi connectivity index (χ0v) is 20.0. The monoisotopic (exact) mass is 475 g/mol. The number of halogens is 2. The first kappa shape index (κ1) is 23.2. The molecule has 2 aromatic carbocycles. The van der Waals surface area contributed by atoms with E-state index in [1.807, 2.05) is 45.0 Å². The van der Waals surface area contributed by atoms with Crippen molar-refractivity contribution >= 4 is 40.5 Å². The molecule has 1 aliphatic heterocycles. The minimum atomic E-state index is -0.387. The van der Waals surface area contributed by atoms with Gasteiger partial charge in [0.1, 0.15) is 6.61 Å². The van der Waals surface area contributed by atoms with Crippen LogP contribution in [0, 0.1) is 16.7 Å². The van der Waals surface area contributed by atoms with Crippen LogP contribution < -0.4 is 20.1 Å². The average molecular weight is 476 g/mol. The Morgan fingerprint density at radius 2 is 1.87 bits per heavy atom. The summed E-state index contributed by atoms with van der Waals surface area (Å²) in [7, 11) is 1.57. The van der Waals surface area contributed by atoms with E-state index in [0.717, 1.165) is 16.8 Å². The summed E-state index contributed by atoms with van der Waals surface area (Å²) in [6.07, 6.45) is 0. The number of hydrogen-bond donors (Lipinski definition) is 2. The third-order valence-corrected chi connectivity index (χ3v) is 5.67. The van der Waals surface area contributed by atoms with Gasteiger partial charge in [-0.25, -0.2) is 0 Å². The lowest BCUT2D eigenvalue weighted by Gasteiger charge is -2.35. The summed E-state index contributed by atoms with van der Waals surface area (Å²) in [5.41, 5.74) is 2.79. The Hall–Kier alpha value is -2.46. The Labute approximate surface area is 197 Å². The number of methoxy groups -OCH3 is 1. The maximum Gasteiger partial charge on any atom is 0.171 e. The molecule has 0 spiro atoms. The summed E-state index contributed by atoms with van der Waals surface area (Å²) in [6, 6.07) is 12.8. The quantitative estimate of drug-likeness (QED) is 0.522. The third kappa shape index (κ3) is 5.24. The van der Waals surface area contributed by atoms with Gasteiger partial charge in [0.05, 0.1) is 24.8 Å². The van der Waals surface area contributed by atoms with Crippen LogP contribution in [0.5, 0.6) is 11.5 Å². The van der Waals surface area contributed by atoms with E-state index >= 15 is 0 Å². The fourth-order valence-corrected chi connectivity index (χ4v) is 3.99. The van der Waals surface area contributed by atoms with Crippen LogP contribution >= 0.6 is 35.4 Å². The largest absolute Gasteiger partial charge is 0.493 e. The van der Waals surface area contributed by atoms with Gasteiger partial charge in [-0.1, -0.05) is 56.1 Å². The molecule has 1 aliphatic rings. The molecule has 2 aromatic rings. The van der Waals surface area contributed by atoms with Crippen molar-refractivity contribution in [1.82, 2.24) is 10.6 Å². The molecule has 162 valence electrons. The molecule has 0 radical (unpaired) electrons. The highest BCUT2D eigenvalue weighted by Gasteiger charge is 2.32. The molecule has 8 heteroatoms. The zero-order chi connectivity index (χ0) is 22.8. The summed E-state index contributed by atoms with van der Waals surface area (Å²) in [4.78, 5) is 0. The van der Waals surface area contributed by atoms with E-state index in [1.54, 1.807) is 19.2 Å². The molecule has 3 rings (SSSR count). The van der Waals surface area contributed by atoms with E-state index in [0.29, 0.717) is 32.2 Å². The highest BCUT2D eigenvalue weighted by atomic mass is 35.5. The molecule has 1 atom stereocenters. The van der Waals surface area contributed by atoms with Crippen LogP contribution in [-0.4, -0.2) is 12.2 Å². The van der Waals surface area contributed by atoms with E-state index < -0.39 is 0 Å². The lowest BCUT2D eigenvalue weighted by molar-refractivity contribution is 0.284. The first-order chi connectivity index (χ1) is 14.6. The maximum atomic E-state index is 9.87. The number of ether oxygens (including phenoxy) is 2. The fraction of sp³-hybridized carbons (Fsp3) is 0.304. The SMILES string of the molecule is COc1cc([C@H]2NC(=S)NC(C(C)(C)C)=C2C#N)ccc1OCc1ccc(Cl)cc1Cl. The van der Waals surface area contributed by atoms with Gasteiger partial charge in [0.25, 0.3) is 0 Å². The number of nitrogens with one attached hydrogen (secondary N) is 2. The summed E-state index contributed by atoms with van der Waals surface area (Å²) < 4.78 is 11.5. The van der Waals surface area contributed by atoms with E-state index in [1.165, 1.54) is 0 Å². The van der Waals surface area contributed by atoms with Crippen molar-refractivity contribution in [1.29, 1.82) is 5.26 Å². The van der Waals surface area contributed by atoms with Crippen LogP contribution in [0.15, 0.2) is 47.7 Å². The van der Waals surface area contributed by atoms with Gasteiger partial charge in [0.15, 0.2) is 16.6 Å². The molecule has 31 heavy (non-hydrogen) atoms. The van der Waals surface area contributed by atoms with Gasteiger partial charge in [0.2, 0.25) is 0 Å². The molecule has 5 nitrogen and oxygen atoms in total. The second kappa shape index (κ2) is 9.35. The second-order valence-electron chi connectivity index (χ2n) is 8.12. The Bertz CT molecular complexity index is 1090. The van der Waals surface area contributed by atoms with Crippen molar-refractivity contribution in [2.24, 2.45) is 5.41 Å². The average Bonchev–Trinajstić information content (AvgIpc) is 2.71. The van der Waals surface area contributed by atoms with Crippen molar-refractivity contribution in [2.75, 3.05) is 7.11 Å². The van der Waals surface area contributed by atoms with Crippen LogP contribution in [0.4, 0.5) is 0 Å². The molecule has 0 saturated heterocycles. The van der Waals surface area contributed by atoms with Gasteiger partial charge in [-0.15, -0.1) is 0 Å². The van der Waals surface area contributed by atoms with E-state index in [4.69, 9.17) is 44.9 Å². The number of rotatable bonds is 5. The van der Waals surface area contributed by atoms with Gasteiger partial charge < -0.3 is 20.1 Å². The van der Waals surface area contributed by atoms with Crippen molar-refractivity contribution in [2.45, 2.75) is 33.4 Å².